The third kappa shape index (κ3) is 17.9. The van der Waals surface area contributed by atoms with Crippen molar-refractivity contribution < 1.29 is 72.3 Å². The van der Waals surface area contributed by atoms with Crippen LogP contribution in [-0.4, -0.2) is 141 Å². The van der Waals surface area contributed by atoms with E-state index in [0.717, 1.165) is 140 Å². The average molecular weight is 1240 g/mol. The quantitative estimate of drug-likeness (QED) is 0.0853. The highest BCUT2D eigenvalue weighted by Crippen LogP contribution is 2.42. The van der Waals surface area contributed by atoms with Gasteiger partial charge in [0.1, 0.15) is 46.4 Å². The number of carbonyl (C=O) groups excluding carboxylic acids is 7. The molecule has 21 nitrogen and oxygen atoms in total. The first kappa shape index (κ1) is 71.4. The summed E-state index contributed by atoms with van der Waals surface area (Å²) in [7, 11) is 2.76. The molecule has 7 N–H and O–H groups in total. The van der Waals surface area contributed by atoms with Crippen LogP contribution in [0.2, 0.25) is 0 Å². The number of alkyl carbamates (subject to hydrolysis) is 1. The molecule has 4 aliphatic carbocycles. The van der Waals surface area contributed by atoms with Crippen LogP contribution in [0.15, 0.2) is 60.7 Å². The number of nitrogens with zero attached hydrogens (tertiary/aromatic N) is 2. The molecule has 4 aliphatic heterocycles. The normalized spacial score (nSPS) is 25.3. The Labute approximate surface area is 519 Å². The number of benzene rings is 2. The van der Waals surface area contributed by atoms with Gasteiger partial charge in [0.2, 0.25) is 17.7 Å². The van der Waals surface area contributed by atoms with Gasteiger partial charge in [-0.1, -0.05) is 138 Å². The highest BCUT2D eigenvalue weighted by molar-refractivity contribution is 6.02. The summed E-state index contributed by atoms with van der Waals surface area (Å²) in [6.07, 6.45) is 21.4. The van der Waals surface area contributed by atoms with Crippen molar-refractivity contribution in [1.29, 1.82) is 0 Å². The number of esters is 3. The predicted molar refractivity (Wildman–Crippen MR) is 327 cm³/mol. The largest absolute Gasteiger partial charge is 0.481 e. The van der Waals surface area contributed by atoms with Crippen molar-refractivity contribution in [3.05, 3.63) is 71.8 Å². The van der Waals surface area contributed by atoms with Crippen molar-refractivity contribution in [2.75, 3.05) is 33.9 Å². The van der Waals surface area contributed by atoms with E-state index in [4.69, 9.17) is 25.1 Å². The molecule has 4 saturated heterocycles. The van der Waals surface area contributed by atoms with Crippen LogP contribution in [-0.2, 0) is 70.5 Å². The number of fused-ring (bicyclic) bond motifs is 1. The smallest absolute Gasteiger partial charge is 0.408 e. The topological polar surface area (TPSA) is 300 Å². The van der Waals surface area contributed by atoms with Crippen molar-refractivity contribution in [2.45, 2.75) is 241 Å². The van der Waals surface area contributed by atoms with Gasteiger partial charge in [-0.05, 0) is 128 Å². The number of hydrogen-bond acceptors (Lipinski definition) is 15. The first-order valence-corrected chi connectivity index (χ1v) is 31.3. The number of halogens is 1. The van der Waals surface area contributed by atoms with Crippen molar-refractivity contribution in [2.24, 2.45) is 11.1 Å². The van der Waals surface area contributed by atoms with E-state index in [1.165, 1.54) is 20.6 Å². The summed E-state index contributed by atoms with van der Waals surface area (Å²) in [6, 6.07) is 18.8. The lowest BCUT2D eigenvalue weighted by Gasteiger charge is -2.49. The number of carboxylic acids is 2. The number of amides is 4. The van der Waals surface area contributed by atoms with Gasteiger partial charge in [-0.15, -0.1) is 12.4 Å². The van der Waals surface area contributed by atoms with Gasteiger partial charge in [0.15, 0.2) is 0 Å². The molecule has 0 bridgehead atoms. The average Bonchev–Trinajstić information content (AvgIpc) is 1.81. The maximum absolute atomic E-state index is 13.6. The summed E-state index contributed by atoms with van der Waals surface area (Å²) < 4.78 is 20.2. The van der Waals surface area contributed by atoms with Gasteiger partial charge in [-0.25, -0.2) is 9.59 Å². The molecule has 0 unspecified atom stereocenters. The first-order chi connectivity index (χ1) is 41.0. The maximum Gasteiger partial charge on any atom is 0.408 e. The summed E-state index contributed by atoms with van der Waals surface area (Å²) in [5.41, 5.74) is 2.01. The molecule has 8 fully saturated rings. The maximum atomic E-state index is 13.6. The van der Waals surface area contributed by atoms with Gasteiger partial charge in [0.25, 0.3) is 0 Å². The number of hydrogen-bond donors (Lipinski definition) is 6. The molecule has 0 radical (unpaired) electrons. The molecule has 484 valence electrons. The summed E-state index contributed by atoms with van der Waals surface area (Å²) in [4.78, 5) is 112. The van der Waals surface area contributed by atoms with Crippen molar-refractivity contribution >= 4 is 66.1 Å². The zero-order chi connectivity index (χ0) is 62.7. The number of likely N-dealkylation sites (tertiary alicyclic amines) is 1. The van der Waals surface area contributed by atoms with Crippen molar-refractivity contribution in [1.82, 2.24) is 25.8 Å². The number of ether oxygens (including phenoxy) is 4. The lowest BCUT2D eigenvalue weighted by atomic mass is 9.72. The molecule has 22 heteroatoms. The van der Waals surface area contributed by atoms with Crippen LogP contribution in [0.3, 0.4) is 0 Å². The van der Waals surface area contributed by atoms with Crippen molar-refractivity contribution in [3.63, 3.8) is 0 Å². The molecule has 2 aromatic rings. The Hall–Kier alpha value is -6.32. The molecule has 4 amide bonds. The third-order valence-corrected chi connectivity index (χ3v) is 19.2. The first-order valence-electron chi connectivity index (χ1n) is 31.3. The minimum Gasteiger partial charge on any atom is -0.481 e. The zero-order valence-corrected chi connectivity index (χ0v) is 52.8. The highest BCUT2D eigenvalue weighted by Gasteiger charge is 2.58. The van der Waals surface area contributed by atoms with E-state index in [9.17, 15) is 48.3 Å². The van der Waals surface area contributed by atoms with E-state index in [1.807, 2.05) is 79.4 Å². The number of methoxy groups -OCH3 is 2. The zero-order valence-electron chi connectivity index (χ0n) is 52.0. The Morgan fingerprint density at radius 3 is 1.59 bits per heavy atom. The van der Waals surface area contributed by atoms with Gasteiger partial charge in [-0.3, -0.25) is 33.6 Å². The summed E-state index contributed by atoms with van der Waals surface area (Å²) >= 11 is 0. The van der Waals surface area contributed by atoms with Crippen LogP contribution in [0.1, 0.15) is 205 Å². The lowest BCUT2D eigenvalue weighted by Crippen LogP contribution is -2.73. The minimum absolute atomic E-state index is 0. The highest BCUT2D eigenvalue weighted by atomic mass is 35.5. The summed E-state index contributed by atoms with van der Waals surface area (Å²) in [6.45, 7) is 8.03. The number of nitrogens with one attached hydrogen (secondary N) is 3. The van der Waals surface area contributed by atoms with Crippen LogP contribution in [0.5, 0.6) is 0 Å². The monoisotopic (exact) mass is 1240 g/mol. The number of piperazine rings is 1. The molecule has 0 aromatic heterocycles. The van der Waals surface area contributed by atoms with Crippen LogP contribution in [0.25, 0.3) is 0 Å². The fourth-order valence-electron chi connectivity index (χ4n) is 13.6. The molecule has 10 rings (SSSR count). The van der Waals surface area contributed by atoms with E-state index >= 15 is 0 Å². The summed E-state index contributed by atoms with van der Waals surface area (Å²) in [5, 5.41) is 27.1. The van der Waals surface area contributed by atoms with Gasteiger partial charge >= 0.3 is 35.9 Å². The molecule has 87 heavy (non-hydrogen) atoms. The van der Waals surface area contributed by atoms with E-state index in [0.29, 0.717) is 51.5 Å². The second-order valence-corrected chi connectivity index (χ2v) is 25.4. The van der Waals surface area contributed by atoms with Crippen molar-refractivity contribution in [3.8, 4) is 0 Å². The molecule has 8 aliphatic rings. The fourth-order valence-corrected chi connectivity index (χ4v) is 13.6. The second-order valence-electron chi connectivity index (χ2n) is 25.4. The van der Waals surface area contributed by atoms with Gasteiger partial charge in [0.05, 0.1) is 26.1 Å². The van der Waals surface area contributed by atoms with Crippen LogP contribution in [0.4, 0.5) is 4.79 Å². The molecular weight excluding hydrogens is 1140 g/mol. The Balaban J connectivity index is 0.000000209. The SMILES string of the molecule is COC(=O)[C@]1(C)CCCN1.COC(=O)[C@]1(C)CCCN1C(=O)C1(NC(=O)OCc2ccccc2)CCCCC1.C[C@@]12CCCN1C(=O)C1(CCCCC1)NC2=O.Cl.NC1(C(=O)O)CCCCC1.O=C(CC1(C(=O)O)CCCCC1)OCc1ccccc1. The number of carbonyl (C=O) groups is 9. The second kappa shape index (κ2) is 32.2. The predicted octanol–water partition coefficient (Wildman–Crippen LogP) is 8.98. The fraction of sp³-hybridized carbons (Fsp3) is 0.677. The number of aliphatic carboxylic acids is 2. The third-order valence-electron chi connectivity index (χ3n) is 19.2. The minimum atomic E-state index is -1.04. The number of nitrogens with two attached hydrogens (primary N) is 1. The van der Waals surface area contributed by atoms with E-state index < -0.39 is 68.6 Å². The molecule has 4 saturated carbocycles. The Morgan fingerprint density at radius 2 is 1.09 bits per heavy atom. The van der Waals surface area contributed by atoms with Gasteiger partial charge < -0.3 is 60.6 Å². The van der Waals surface area contributed by atoms with E-state index in [1.54, 1.807) is 11.8 Å². The molecule has 3 atom stereocenters. The van der Waals surface area contributed by atoms with Crippen LogP contribution >= 0.6 is 12.4 Å². The van der Waals surface area contributed by atoms with Crippen LogP contribution < -0.4 is 21.7 Å². The van der Waals surface area contributed by atoms with Crippen LogP contribution in [0, 0.1) is 5.41 Å². The standard InChI is InChI=1S/C22H30N2O5.C16H20O4.C13H20N2O2.2C7H13NO2.ClH/c1-21(19(26)28-2)12-9-15-24(21)18(25)22(13-7-4-8-14-22)23-20(27)29-16-17-10-5-3-6-11-17;17-14(20-12-13-7-3-1-4-8-13)11-16(15(18)19)9-5-2-6-10-16;1-12-6-5-9-15(12)11(17)13(14-10(12)16)7-3-2-4-8-13;1-7(6(9)10-2)4-3-5-8-7;8-7(6(9)10)4-2-1-3-5-7;/h3,5-6,10-11H,4,7-9,12-16H2,1-2H3,(H,23,27);1,3-4,7-8H,2,5-6,9-12H2,(H,18,19);2-9H2,1H3,(H,14,16);8H,3-5H2,1-2H3;1-5,8H2,(H,9,10);1H/t21-;;12-;7-;;/m0.00../s1. The Kier molecular flexibility index (Phi) is 26.5. The molecule has 1 spiro atoms. The molecule has 2 aromatic carbocycles. The van der Waals surface area contributed by atoms with E-state index in [-0.39, 0.29) is 55.7 Å². The summed E-state index contributed by atoms with van der Waals surface area (Å²) in [5.74, 6) is -2.65. The van der Waals surface area contributed by atoms with Gasteiger partial charge in [-0.2, -0.15) is 0 Å². The van der Waals surface area contributed by atoms with Gasteiger partial charge in [0, 0.05) is 13.1 Å². The molecular formula is C65H97ClN6O15. The Bertz CT molecular complexity index is 2630. The molecule has 4 heterocycles. The number of carboxylic acid groups (broad SMARTS) is 2. The number of rotatable bonds is 12. The lowest BCUT2D eigenvalue weighted by molar-refractivity contribution is -0.161. The van der Waals surface area contributed by atoms with E-state index in [2.05, 4.69) is 20.7 Å². The Morgan fingerprint density at radius 1 is 0.586 bits per heavy atom.